The number of carboxylic acid groups (broad SMARTS) is 1. The van der Waals surface area contributed by atoms with Crippen molar-refractivity contribution in [2.45, 2.75) is 12.7 Å². The van der Waals surface area contributed by atoms with Crippen LogP contribution in [0.5, 0.6) is 0 Å². The number of nitrogens with zero attached hydrogens (tertiary/aromatic N) is 1. The van der Waals surface area contributed by atoms with E-state index in [0.29, 0.717) is 0 Å². The Morgan fingerprint density at radius 3 is 2.60 bits per heavy atom. The Kier molecular flexibility index (Phi) is 5.00. The molecule has 1 rings (SSSR count). The lowest BCUT2D eigenvalue weighted by Crippen LogP contribution is -2.25. The molecular weight excluding hydrogens is 285 g/mol. The second-order valence-corrected chi connectivity index (χ2v) is 3.60. The van der Waals surface area contributed by atoms with Crippen LogP contribution >= 0.6 is 0 Å². The van der Waals surface area contributed by atoms with Gasteiger partial charge in [-0.1, -0.05) is 12.1 Å². The van der Waals surface area contributed by atoms with E-state index >= 15 is 0 Å². The summed E-state index contributed by atoms with van der Waals surface area (Å²) < 4.78 is 35.4. The van der Waals surface area contributed by atoms with E-state index in [1.807, 2.05) is 5.48 Å². The smallest absolute Gasteiger partial charge is 0.413 e. The van der Waals surface area contributed by atoms with Gasteiger partial charge in [-0.3, -0.25) is 15.0 Å². The molecule has 1 aromatic rings. The summed E-state index contributed by atoms with van der Waals surface area (Å²) in [6.07, 6.45) is -4.54. The van der Waals surface area contributed by atoms with Crippen LogP contribution in [0.1, 0.15) is 15.9 Å². The van der Waals surface area contributed by atoms with Gasteiger partial charge in [-0.05, 0) is 5.56 Å². The van der Waals surface area contributed by atoms with Crippen LogP contribution in [-0.4, -0.2) is 28.8 Å². The van der Waals surface area contributed by atoms with Crippen LogP contribution in [-0.2, 0) is 11.4 Å². The highest BCUT2D eigenvalue weighted by Gasteiger charge is 2.28. The zero-order chi connectivity index (χ0) is 15.3. The van der Waals surface area contributed by atoms with E-state index < -0.39 is 41.5 Å². The number of hydrogen-bond acceptors (Lipinski definition) is 5. The van der Waals surface area contributed by atoms with Gasteiger partial charge in [0.1, 0.15) is 5.56 Å². The fourth-order valence-corrected chi connectivity index (χ4v) is 1.39. The van der Waals surface area contributed by atoms with E-state index in [1.54, 1.807) is 0 Å². The third kappa shape index (κ3) is 4.48. The molecule has 2 N–H and O–H groups in total. The van der Waals surface area contributed by atoms with Crippen molar-refractivity contribution in [3.8, 4) is 0 Å². The van der Waals surface area contributed by atoms with Gasteiger partial charge in [-0.15, -0.1) is 0 Å². The summed E-state index contributed by atoms with van der Waals surface area (Å²) in [5.41, 5.74) is 0.610. The number of carbonyl (C=O) groups is 1. The van der Waals surface area contributed by atoms with Crippen molar-refractivity contribution in [1.29, 1.82) is 0 Å². The average molecular weight is 294 g/mol. The largest absolute Gasteiger partial charge is 0.477 e. The minimum absolute atomic E-state index is 0.0612. The lowest BCUT2D eigenvalue weighted by Gasteiger charge is -2.10. The van der Waals surface area contributed by atoms with Crippen molar-refractivity contribution < 1.29 is 32.8 Å². The summed E-state index contributed by atoms with van der Waals surface area (Å²) in [7, 11) is 0. The van der Waals surface area contributed by atoms with Crippen LogP contribution < -0.4 is 5.48 Å². The molecule has 0 aliphatic rings. The second-order valence-electron chi connectivity index (χ2n) is 3.60. The van der Waals surface area contributed by atoms with Gasteiger partial charge < -0.3 is 5.11 Å². The van der Waals surface area contributed by atoms with Crippen molar-refractivity contribution in [3.05, 3.63) is 39.4 Å². The number of nitro groups is 1. The average Bonchev–Trinajstić information content (AvgIpc) is 2.32. The summed E-state index contributed by atoms with van der Waals surface area (Å²) in [6, 6.07) is 3.45. The number of hydrogen-bond donors (Lipinski definition) is 2. The Balaban J connectivity index is 2.82. The molecule has 0 bridgehead atoms. The lowest BCUT2D eigenvalue weighted by atomic mass is 10.1. The van der Waals surface area contributed by atoms with Crippen LogP contribution in [0.2, 0.25) is 0 Å². The molecule has 0 aliphatic heterocycles. The Hall–Kier alpha value is -2.20. The van der Waals surface area contributed by atoms with E-state index in [9.17, 15) is 28.1 Å². The molecule has 0 radical (unpaired) electrons. The Morgan fingerprint density at radius 2 is 2.10 bits per heavy atom. The molecular formula is C10H9F3N2O5. The van der Waals surface area contributed by atoms with Gasteiger partial charge in [0.15, 0.2) is 6.61 Å². The van der Waals surface area contributed by atoms with E-state index in [0.717, 1.165) is 6.07 Å². The maximum atomic E-state index is 11.8. The van der Waals surface area contributed by atoms with Crippen LogP contribution in [0, 0.1) is 10.1 Å². The molecule has 20 heavy (non-hydrogen) atoms. The molecule has 10 heteroatoms. The Morgan fingerprint density at radius 1 is 1.45 bits per heavy atom. The SMILES string of the molecule is O=C(O)c1c(CNOCC(F)(F)F)cccc1[N+](=O)[O-]. The van der Waals surface area contributed by atoms with Crippen LogP contribution in [0.25, 0.3) is 0 Å². The third-order valence-electron chi connectivity index (χ3n) is 2.14. The van der Waals surface area contributed by atoms with Crippen LogP contribution in [0.4, 0.5) is 18.9 Å². The molecule has 0 unspecified atom stereocenters. The van der Waals surface area contributed by atoms with Crippen LogP contribution in [0.3, 0.4) is 0 Å². The van der Waals surface area contributed by atoms with Crippen LogP contribution in [0.15, 0.2) is 18.2 Å². The minimum atomic E-state index is -4.54. The molecule has 0 atom stereocenters. The molecule has 0 spiro atoms. The van der Waals surface area contributed by atoms with Crippen molar-refractivity contribution in [2.24, 2.45) is 0 Å². The highest BCUT2D eigenvalue weighted by Crippen LogP contribution is 2.22. The van der Waals surface area contributed by atoms with Crippen molar-refractivity contribution in [3.63, 3.8) is 0 Å². The number of alkyl halides is 3. The van der Waals surface area contributed by atoms with E-state index in [4.69, 9.17) is 5.11 Å². The molecule has 0 saturated carbocycles. The predicted octanol–water partition coefficient (Wildman–Crippen LogP) is 1.88. The van der Waals surface area contributed by atoms with Crippen molar-refractivity contribution in [1.82, 2.24) is 5.48 Å². The molecule has 7 nitrogen and oxygen atoms in total. The number of nitro benzene ring substituents is 1. The van der Waals surface area contributed by atoms with E-state index in [-0.39, 0.29) is 5.56 Å². The third-order valence-corrected chi connectivity index (χ3v) is 2.14. The topological polar surface area (TPSA) is 102 Å². The summed E-state index contributed by atoms with van der Waals surface area (Å²) in [6.45, 7) is -1.98. The second kappa shape index (κ2) is 6.30. The molecule has 1 aromatic carbocycles. The zero-order valence-electron chi connectivity index (χ0n) is 9.81. The van der Waals surface area contributed by atoms with Gasteiger partial charge in [-0.2, -0.15) is 18.7 Å². The first-order valence-corrected chi connectivity index (χ1v) is 5.13. The maximum absolute atomic E-state index is 11.8. The number of carboxylic acids is 1. The summed E-state index contributed by atoms with van der Waals surface area (Å²) >= 11 is 0. The Labute approximate surface area is 110 Å². The molecule has 0 aromatic heterocycles. The fourth-order valence-electron chi connectivity index (χ4n) is 1.39. The number of nitrogens with one attached hydrogen (secondary N) is 1. The molecule has 110 valence electrons. The highest BCUT2D eigenvalue weighted by atomic mass is 19.4. The first kappa shape index (κ1) is 15.9. The number of aromatic carboxylic acids is 1. The molecule has 0 aliphatic carbocycles. The molecule has 0 heterocycles. The predicted molar refractivity (Wildman–Crippen MR) is 58.9 cm³/mol. The van der Waals surface area contributed by atoms with Gasteiger partial charge in [0.2, 0.25) is 0 Å². The van der Waals surface area contributed by atoms with Gasteiger partial charge in [0, 0.05) is 12.6 Å². The zero-order valence-corrected chi connectivity index (χ0v) is 9.81. The molecule has 0 saturated heterocycles. The van der Waals surface area contributed by atoms with Crippen molar-refractivity contribution >= 4 is 11.7 Å². The standard InChI is InChI=1S/C10H9F3N2O5/c11-10(12,13)5-20-14-4-6-2-1-3-7(15(18)19)8(6)9(16)17/h1-3,14H,4-5H2,(H,16,17). The number of halogens is 3. The highest BCUT2D eigenvalue weighted by molar-refractivity contribution is 5.94. The van der Waals surface area contributed by atoms with Gasteiger partial charge in [-0.25, -0.2) is 4.79 Å². The number of rotatable bonds is 6. The fraction of sp³-hybridized carbons (Fsp3) is 0.300. The van der Waals surface area contributed by atoms with E-state index in [1.165, 1.54) is 12.1 Å². The quantitative estimate of drug-likeness (QED) is 0.472. The van der Waals surface area contributed by atoms with Gasteiger partial charge in [0.25, 0.3) is 5.69 Å². The number of benzene rings is 1. The van der Waals surface area contributed by atoms with Gasteiger partial charge in [0.05, 0.1) is 4.92 Å². The van der Waals surface area contributed by atoms with Gasteiger partial charge >= 0.3 is 12.1 Å². The number of hydroxylamine groups is 1. The summed E-state index contributed by atoms with van der Waals surface area (Å²) in [5, 5.41) is 19.6. The first-order chi connectivity index (χ1) is 9.22. The summed E-state index contributed by atoms with van der Waals surface area (Å²) in [4.78, 5) is 24.9. The minimum Gasteiger partial charge on any atom is -0.477 e. The first-order valence-electron chi connectivity index (χ1n) is 5.13. The van der Waals surface area contributed by atoms with Crippen molar-refractivity contribution in [2.75, 3.05) is 6.61 Å². The lowest BCUT2D eigenvalue weighted by molar-refractivity contribution is -0.385. The monoisotopic (exact) mass is 294 g/mol. The van der Waals surface area contributed by atoms with E-state index in [2.05, 4.69) is 4.84 Å². The summed E-state index contributed by atoms with van der Waals surface area (Å²) in [5.74, 6) is -1.55. The normalized spacial score (nSPS) is 11.3. The molecule has 0 fully saturated rings. The maximum Gasteiger partial charge on any atom is 0.413 e. The molecule has 0 amide bonds. The Bertz CT molecular complexity index is 518.